The fourth-order valence-electron chi connectivity index (χ4n) is 0.158. The standard InChI is InChI=1S/C4H5NO3/c1-2-8-4(7)5-3-6/h2-3H,1H2,(H,5,6,7). The summed E-state index contributed by atoms with van der Waals surface area (Å²) in [6.45, 7) is 3.08. The maximum Gasteiger partial charge on any atom is 0.418 e. The van der Waals surface area contributed by atoms with Crippen LogP contribution < -0.4 is 5.32 Å². The molecule has 0 atom stereocenters. The lowest BCUT2D eigenvalue weighted by molar-refractivity contribution is -0.108. The van der Waals surface area contributed by atoms with Gasteiger partial charge in [0.25, 0.3) is 0 Å². The molecule has 4 nitrogen and oxygen atoms in total. The Morgan fingerprint density at radius 2 is 2.38 bits per heavy atom. The van der Waals surface area contributed by atoms with E-state index in [1.165, 1.54) is 0 Å². The van der Waals surface area contributed by atoms with Gasteiger partial charge in [0.2, 0.25) is 6.41 Å². The van der Waals surface area contributed by atoms with Gasteiger partial charge in [-0.1, -0.05) is 6.58 Å². The number of carbonyl (C=O) groups is 2. The number of amides is 2. The zero-order valence-corrected chi connectivity index (χ0v) is 4.09. The molecule has 8 heavy (non-hydrogen) atoms. The highest BCUT2D eigenvalue weighted by molar-refractivity contribution is 5.79. The van der Waals surface area contributed by atoms with Crippen molar-refractivity contribution < 1.29 is 14.3 Å². The maximum absolute atomic E-state index is 10.0. The average Bonchev–Trinajstić information content (AvgIpc) is 1.68. The van der Waals surface area contributed by atoms with Gasteiger partial charge in [-0.05, 0) is 0 Å². The molecule has 0 bridgehead atoms. The van der Waals surface area contributed by atoms with E-state index in [0.717, 1.165) is 6.26 Å². The number of hydrogen-bond donors (Lipinski definition) is 1. The number of ether oxygens (including phenoxy) is 1. The van der Waals surface area contributed by atoms with Crippen LogP contribution in [-0.2, 0) is 9.53 Å². The summed E-state index contributed by atoms with van der Waals surface area (Å²) in [7, 11) is 0. The average molecular weight is 115 g/mol. The summed E-state index contributed by atoms with van der Waals surface area (Å²) in [6.07, 6.45) is 0.333. The number of alkyl carbamates (subject to hydrolysis) is 1. The Labute approximate surface area is 46.1 Å². The third-order valence-corrected chi connectivity index (χ3v) is 0.367. The SMILES string of the molecule is C=COC(=O)NC=O. The second kappa shape index (κ2) is 3.86. The van der Waals surface area contributed by atoms with Gasteiger partial charge in [0.1, 0.15) is 0 Å². The van der Waals surface area contributed by atoms with Gasteiger partial charge in [-0.15, -0.1) is 0 Å². The van der Waals surface area contributed by atoms with Crippen molar-refractivity contribution in [2.24, 2.45) is 0 Å². The fraction of sp³-hybridized carbons (Fsp3) is 0. The van der Waals surface area contributed by atoms with Gasteiger partial charge in [-0.2, -0.15) is 0 Å². The van der Waals surface area contributed by atoms with Crippen molar-refractivity contribution in [3.63, 3.8) is 0 Å². The molecule has 0 radical (unpaired) electrons. The molecule has 0 aliphatic carbocycles. The summed E-state index contributed by atoms with van der Waals surface area (Å²) >= 11 is 0. The highest BCUT2D eigenvalue weighted by atomic mass is 16.5. The Morgan fingerprint density at radius 3 is 2.75 bits per heavy atom. The molecule has 44 valence electrons. The first-order chi connectivity index (χ1) is 3.81. The Balaban J connectivity index is 3.32. The molecule has 0 aromatic heterocycles. The van der Waals surface area contributed by atoms with E-state index in [4.69, 9.17) is 0 Å². The molecule has 0 aromatic rings. The van der Waals surface area contributed by atoms with Crippen LogP contribution in [-0.4, -0.2) is 12.5 Å². The van der Waals surface area contributed by atoms with Gasteiger partial charge >= 0.3 is 6.09 Å². The number of nitrogens with one attached hydrogen (secondary N) is 1. The zero-order chi connectivity index (χ0) is 6.41. The molecular weight excluding hydrogens is 110 g/mol. The lowest BCUT2D eigenvalue weighted by atomic mass is 11.0. The van der Waals surface area contributed by atoms with E-state index >= 15 is 0 Å². The van der Waals surface area contributed by atoms with Crippen molar-refractivity contribution in [3.05, 3.63) is 12.8 Å². The van der Waals surface area contributed by atoms with Crippen molar-refractivity contribution >= 4 is 12.5 Å². The molecule has 0 saturated heterocycles. The highest BCUT2D eigenvalue weighted by Gasteiger charge is 1.91. The summed E-state index contributed by atoms with van der Waals surface area (Å²) < 4.78 is 4.06. The van der Waals surface area contributed by atoms with Crippen LogP contribution in [0.1, 0.15) is 0 Å². The zero-order valence-electron chi connectivity index (χ0n) is 4.09. The van der Waals surface area contributed by atoms with Gasteiger partial charge < -0.3 is 4.74 Å². The minimum absolute atomic E-state index is 0.228. The Bertz CT molecular complexity index is 97.9. The van der Waals surface area contributed by atoms with Crippen LogP contribution in [0.15, 0.2) is 12.8 Å². The van der Waals surface area contributed by atoms with Gasteiger partial charge in [0, 0.05) is 0 Å². The second-order valence-corrected chi connectivity index (χ2v) is 0.834. The molecule has 0 aliphatic heterocycles. The fourth-order valence-corrected chi connectivity index (χ4v) is 0.158. The monoisotopic (exact) mass is 115 g/mol. The topological polar surface area (TPSA) is 55.4 Å². The first-order valence-corrected chi connectivity index (χ1v) is 1.83. The summed E-state index contributed by atoms with van der Waals surface area (Å²) in [5, 5.41) is 1.73. The van der Waals surface area contributed by atoms with Crippen LogP contribution in [0.5, 0.6) is 0 Å². The van der Waals surface area contributed by atoms with Crippen molar-refractivity contribution in [1.29, 1.82) is 0 Å². The van der Waals surface area contributed by atoms with E-state index in [1.54, 1.807) is 5.32 Å². The Hall–Kier alpha value is -1.32. The van der Waals surface area contributed by atoms with Crippen molar-refractivity contribution in [2.75, 3.05) is 0 Å². The predicted octanol–water partition coefficient (Wildman–Crippen LogP) is 0.0125. The largest absolute Gasteiger partial charge is 0.419 e. The van der Waals surface area contributed by atoms with Crippen LogP contribution in [0.25, 0.3) is 0 Å². The summed E-state index contributed by atoms with van der Waals surface area (Å²) in [5.41, 5.74) is 0. The quantitative estimate of drug-likeness (QED) is 0.407. The molecule has 0 spiro atoms. The Morgan fingerprint density at radius 1 is 1.75 bits per heavy atom. The molecule has 1 N–H and O–H groups in total. The van der Waals surface area contributed by atoms with Crippen LogP contribution in [0, 0.1) is 0 Å². The molecule has 0 rings (SSSR count). The summed E-state index contributed by atoms with van der Waals surface area (Å²) in [6, 6.07) is 0. The molecule has 0 heterocycles. The van der Waals surface area contributed by atoms with E-state index in [1.807, 2.05) is 0 Å². The second-order valence-electron chi connectivity index (χ2n) is 0.834. The van der Waals surface area contributed by atoms with Gasteiger partial charge in [-0.25, -0.2) is 4.79 Å². The predicted molar refractivity (Wildman–Crippen MR) is 25.9 cm³/mol. The van der Waals surface area contributed by atoms with E-state index in [-0.39, 0.29) is 6.41 Å². The molecule has 0 saturated carbocycles. The maximum atomic E-state index is 10.0. The Kier molecular flexibility index (Phi) is 3.22. The number of hydrogen-bond acceptors (Lipinski definition) is 3. The van der Waals surface area contributed by atoms with Crippen LogP contribution in [0.3, 0.4) is 0 Å². The lowest BCUT2D eigenvalue weighted by Gasteiger charge is -1.90. The molecule has 0 aromatic carbocycles. The molecule has 2 amide bonds. The minimum atomic E-state index is -0.824. The molecular formula is C4H5NO3. The molecule has 4 heteroatoms. The van der Waals surface area contributed by atoms with Crippen molar-refractivity contribution in [1.82, 2.24) is 5.32 Å². The third-order valence-electron chi connectivity index (χ3n) is 0.367. The molecule has 0 aliphatic rings. The first kappa shape index (κ1) is 6.68. The van der Waals surface area contributed by atoms with Crippen LogP contribution >= 0.6 is 0 Å². The summed E-state index contributed by atoms with van der Waals surface area (Å²) in [5.74, 6) is 0. The van der Waals surface area contributed by atoms with E-state index in [2.05, 4.69) is 11.3 Å². The smallest absolute Gasteiger partial charge is 0.418 e. The number of imide groups is 1. The van der Waals surface area contributed by atoms with Gasteiger partial charge in [0.15, 0.2) is 0 Å². The van der Waals surface area contributed by atoms with Crippen molar-refractivity contribution in [3.8, 4) is 0 Å². The third kappa shape index (κ3) is 2.89. The van der Waals surface area contributed by atoms with E-state index < -0.39 is 6.09 Å². The van der Waals surface area contributed by atoms with Crippen LogP contribution in [0.4, 0.5) is 4.79 Å². The molecule has 0 unspecified atom stereocenters. The lowest BCUT2D eigenvalue weighted by Crippen LogP contribution is -2.19. The van der Waals surface area contributed by atoms with Gasteiger partial charge in [-0.3, -0.25) is 10.1 Å². The normalized spacial score (nSPS) is 7.00. The van der Waals surface area contributed by atoms with Crippen LogP contribution in [0.2, 0.25) is 0 Å². The van der Waals surface area contributed by atoms with E-state index in [9.17, 15) is 9.59 Å². The van der Waals surface area contributed by atoms with Crippen molar-refractivity contribution in [2.45, 2.75) is 0 Å². The summed E-state index contributed by atoms with van der Waals surface area (Å²) in [4.78, 5) is 19.5. The minimum Gasteiger partial charge on any atom is -0.419 e. The van der Waals surface area contributed by atoms with Gasteiger partial charge in [0.05, 0.1) is 6.26 Å². The molecule has 0 fully saturated rings. The number of rotatable bonds is 2. The number of carbonyl (C=O) groups excluding carboxylic acids is 2. The highest BCUT2D eigenvalue weighted by Crippen LogP contribution is 1.71. The first-order valence-electron chi connectivity index (χ1n) is 1.83. The van der Waals surface area contributed by atoms with E-state index in [0.29, 0.717) is 0 Å².